The Balaban J connectivity index is 1.89. The van der Waals surface area contributed by atoms with Gasteiger partial charge in [-0.1, -0.05) is 41.9 Å². The molecular weight excluding hydrogens is 352 g/mol. The second kappa shape index (κ2) is 7.41. The fourth-order valence-electron chi connectivity index (χ4n) is 2.53. The molecule has 0 saturated heterocycles. The summed E-state index contributed by atoms with van der Waals surface area (Å²) >= 11 is 5.83. The number of benzene rings is 2. The number of nitrogens with zero attached hydrogens (tertiary/aromatic N) is 2. The van der Waals surface area contributed by atoms with Gasteiger partial charge in [-0.15, -0.1) is 0 Å². The zero-order valence-electron chi connectivity index (χ0n) is 14.3. The van der Waals surface area contributed by atoms with Gasteiger partial charge in [-0.05, 0) is 23.8 Å². The number of H-pyrrole nitrogens is 1. The highest BCUT2D eigenvalue weighted by molar-refractivity contribution is 6.30. The minimum atomic E-state index is -0.489. The molecule has 2 aromatic carbocycles. The number of aromatic nitrogens is 1. The van der Waals surface area contributed by atoms with Gasteiger partial charge in [0.1, 0.15) is 5.69 Å². The van der Waals surface area contributed by atoms with Gasteiger partial charge in [-0.25, -0.2) is 5.43 Å². The molecule has 0 spiro atoms. The van der Waals surface area contributed by atoms with Crippen molar-refractivity contribution in [2.75, 3.05) is 14.1 Å². The number of halogens is 1. The Bertz CT molecular complexity index is 990. The third-order valence-electron chi connectivity index (χ3n) is 3.80. The van der Waals surface area contributed by atoms with Crippen LogP contribution in [0.25, 0.3) is 10.9 Å². The van der Waals surface area contributed by atoms with E-state index in [0.29, 0.717) is 21.5 Å². The number of rotatable bonds is 4. The average molecular weight is 369 g/mol. The van der Waals surface area contributed by atoms with Crippen molar-refractivity contribution in [2.24, 2.45) is 5.10 Å². The number of aromatic amines is 1. The number of fused-ring (bicyclic) bond motifs is 1. The third kappa shape index (κ3) is 3.60. The van der Waals surface area contributed by atoms with Crippen LogP contribution in [0.2, 0.25) is 5.02 Å². The highest BCUT2D eigenvalue weighted by Crippen LogP contribution is 2.23. The summed E-state index contributed by atoms with van der Waals surface area (Å²) in [5.41, 5.74) is 4.46. The van der Waals surface area contributed by atoms with E-state index in [1.807, 2.05) is 18.2 Å². The fourth-order valence-corrected chi connectivity index (χ4v) is 2.65. The summed E-state index contributed by atoms with van der Waals surface area (Å²) in [6, 6.07) is 14.3. The first kappa shape index (κ1) is 17.7. The van der Waals surface area contributed by atoms with Crippen molar-refractivity contribution in [3.63, 3.8) is 0 Å². The lowest BCUT2D eigenvalue weighted by atomic mass is 10.1. The molecule has 132 valence electrons. The number of para-hydroxylation sites is 1. The molecule has 3 rings (SSSR count). The van der Waals surface area contributed by atoms with Gasteiger partial charge < -0.3 is 9.88 Å². The van der Waals surface area contributed by atoms with Crippen LogP contribution in [-0.2, 0) is 0 Å². The number of hydrogen-bond donors (Lipinski definition) is 2. The molecule has 0 fully saturated rings. The van der Waals surface area contributed by atoms with Crippen molar-refractivity contribution in [1.82, 2.24) is 15.3 Å². The first-order chi connectivity index (χ1) is 12.5. The van der Waals surface area contributed by atoms with Crippen molar-refractivity contribution in [3.8, 4) is 0 Å². The molecule has 2 N–H and O–H groups in total. The molecule has 0 radical (unpaired) electrons. The maximum Gasteiger partial charge on any atom is 0.288 e. The van der Waals surface area contributed by atoms with Crippen LogP contribution in [0.1, 0.15) is 26.4 Å². The number of hydrogen-bond acceptors (Lipinski definition) is 3. The predicted octanol–water partition coefficient (Wildman–Crippen LogP) is 3.29. The van der Waals surface area contributed by atoms with Crippen molar-refractivity contribution in [3.05, 3.63) is 70.4 Å². The van der Waals surface area contributed by atoms with Crippen molar-refractivity contribution in [1.29, 1.82) is 0 Å². The Morgan fingerprint density at radius 1 is 1.12 bits per heavy atom. The number of hydrazone groups is 1. The molecule has 1 aromatic heterocycles. The second-order valence-corrected chi connectivity index (χ2v) is 6.31. The Labute approximate surface area is 155 Å². The molecule has 6 nitrogen and oxygen atoms in total. The van der Waals surface area contributed by atoms with E-state index < -0.39 is 5.91 Å². The predicted molar refractivity (Wildman–Crippen MR) is 103 cm³/mol. The van der Waals surface area contributed by atoms with Crippen LogP contribution in [0, 0.1) is 0 Å². The maximum atomic E-state index is 12.6. The molecule has 0 unspecified atom stereocenters. The smallest absolute Gasteiger partial charge is 0.288 e. The lowest BCUT2D eigenvalue weighted by Crippen LogP contribution is -2.26. The molecule has 7 heteroatoms. The van der Waals surface area contributed by atoms with Crippen LogP contribution in [0.5, 0.6) is 0 Å². The normalized spacial score (nSPS) is 11.0. The SMILES string of the molecule is CN(C)C(=O)c1c(C(=O)NN=Cc2ccc(Cl)cc2)[nH]c2ccccc12. The zero-order valence-corrected chi connectivity index (χ0v) is 15.0. The standard InChI is InChI=1S/C19H17ClN4O2/c1-24(2)19(26)16-14-5-3-4-6-15(14)22-17(16)18(25)23-21-11-12-7-9-13(20)10-8-12/h3-11,22H,1-2H3,(H,23,25). The van der Waals surface area contributed by atoms with Crippen LogP contribution < -0.4 is 5.43 Å². The van der Waals surface area contributed by atoms with Crippen LogP contribution in [-0.4, -0.2) is 42.0 Å². The van der Waals surface area contributed by atoms with E-state index in [0.717, 1.165) is 5.56 Å². The van der Waals surface area contributed by atoms with Gasteiger partial charge in [0, 0.05) is 30.0 Å². The molecule has 0 bridgehead atoms. The first-order valence-corrected chi connectivity index (χ1v) is 8.26. The molecule has 1 heterocycles. The molecule has 26 heavy (non-hydrogen) atoms. The molecule has 2 amide bonds. The van der Waals surface area contributed by atoms with E-state index in [2.05, 4.69) is 15.5 Å². The highest BCUT2D eigenvalue weighted by Gasteiger charge is 2.24. The van der Waals surface area contributed by atoms with E-state index >= 15 is 0 Å². The average Bonchev–Trinajstić information content (AvgIpc) is 3.02. The summed E-state index contributed by atoms with van der Waals surface area (Å²) in [4.78, 5) is 29.5. The Kier molecular flexibility index (Phi) is 5.04. The van der Waals surface area contributed by atoms with Crippen molar-refractivity contribution >= 4 is 40.5 Å². The van der Waals surface area contributed by atoms with Crippen molar-refractivity contribution < 1.29 is 9.59 Å². The lowest BCUT2D eigenvalue weighted by molar-refractivity contribution is 0.0820. The molecule has 0 saturated carbocycles. The molecular formula is C19H17ClN4O2. The molecule has 3 aromatic rings. The maximum absolute atomic E-state index is 12.6. The van der Waals surface area contributed by atoms with Crippen LogP contribution in [0.15, 0.2) is 53.6 Å². The van der Waals surface area contributed by atoms with Gasteiger partial charge in [-0.3, -0.25) is 9.59 Å². The monoisotopic (exact) mass is 368 g/mol. The van der Waals surface area contributed by atoms with E-state index in [9.17, 15) is 9.59 Å². The summed E-state index contributed by atoms with van der Waals surface area (Å²) in [5.74, 6) is -0.745. The van der Waals surface area contributed by atoms with Gasteiger partial charge in [0.15, 0.2) is 0 Å². The largest absolute Gasteiger partial charge is 0.350 e. The first-order valence-electron chi connectivity index (χ1n) is 7.88. The van der Waals surface area contributed by atoms with E-state index in [1.165, 1.54) is 11.1 Å². The van der Waals surface area contributed by atoms with E-state index in [1.54, 1.807) is 44.4 Å². The Morgan fingerprint density at radius 3 is 2.50 bits per heavy atom. The number of nitrogens with one attached hydrogen (secondary N) is 2. The summed E-state index contributed by atoms with van der Waals surface area (Å²) < 4.78 is 0. The molecule has 0 atom stereocenters. The summed E-state index contributed by atoms with van der Waals surface area (Å²) in [5, 5.41) is 5.26. The van der Waals surface area contributed by atoms with Crippen LogP contribution >= 0.6 is 11.6 Å². The molecule has 0 aliphatic heterocycles. The van der Waals surface area contributed by atoms with Gasteiger partial charge in [0.05, 0.1) is 11.8 Å². The minimum Gasteiger partial charge on any atom is -0.350 e. The highest BCUT2D eigenvalue weighted by atomic mass is 35.5. The Hall–Kier alpha value is -3.12. The number of carbonyl (C=O) groups is 2. The third-order valence-corrected chi connectivity index (χ3v) is 4.05. The Morgan fingerprint density at radius 2 is 1.81 bits per heavy atom. The van der Waals surface area contributed by atoms with E-state index in [4.69, 9.17) is 11.6 Å². The minimum absolute atomic E-state index is 0.179. The summed E-state index contributed by atoms with van der Waals surface area (Å²) in [7, 11) is 3.29. The molecule has 0 aliphatic rings. The quantitative estimate of drug-likeness (QED) is 0.547. The lowest BCUT2D eigenvalue weighted by Gasteiger charge is -2.10. The van der Waals surface area contributed by atoms with Gasteiger partial charge in [0.2, 0.25) is 0 Å². The topological polar surface area (TPSA) is 77.6 Å². The van der Waals surface area contributed by atoms with Crippen LogP contribution in [0.4, 0.5) is 0 Å². The fraction of sp³-hybridized carbons (Fsp3) is 0.105. The van der Waals surface area contributed by atoms with Gasteiger partial charge >= 0.3 is 0 Å². The number of amides is 2. The molecule has 0 aliphatic carbocycles. The number of carbonyl (C=O) groups excluding carboxylic acids is 2. The zero-order chi connectivity index (χ0) is 18.7. The van der Waals surface area contributed by atoms with E-state index in [-0.39, 0.29) is 11.6 Å². The van der Waals surface area contributed by atoms with Gasteiger partial charge in [0.25, 0.3) is 11.8 Å². The second-order valence-electron chi connectivity index (χ2n) is 5.87. The van der Waals surface area contributed by atoms with Crippen LogP contribution in [0.3, 0.4) is 0 Å². The van der Waals surface area contributed by atoms with Crippen molar-refractivity contribution in [2.45, 2.75) is 0 Å². The summed E-state index contributed by atoms with van der Waals surface area (Å²) in [6.45, 7) is 0. The van der Waals surface area contributed by atoms with Gasteiger partial charge in [-0.2, -0.15) is 5.10 Å². The summed E-state index contributed by atoms with van der Waals surface area (Å²) in [6.07, 6.45) is 1.50.